The molecule has 1 saturated carbocycles. The van der Waals surface area contributed by atoms with E-state index < -0.39 is 0 Å². The normalized spacial score (nSPS) is 18.9. The number of amides is 1. The van der Waals surface area contributed by atoms with Gasteiger partial charge in [0.05, 0.1) is 6.20 Å². The van der Waals surface area contributed by atoms with Gasteiger partial charge in [0.2, 0.25) is 5.91 Å². The van der Waals surface area contributed by atoms with Crippen LogP contribution in [-0.2, 0) is 9.53 Å². The highest BCUT2D eigenvalue weighted by Crippen LogP contribution is 2.39. The molecular weight excluding hydrogens is 354 g/mol. The third-order valence-corrected chi connectivity index (χ3v) is 5.16. The predicted molar refractivity (Wildman–Crippen MR) is 108 cm³/mol. The molecule has 1 saturated heterocycles. The molecule has 2 aromatic rings. The molecule has 0 unspecified atom stereocenters. The molecule has 6 nitrogen and oxygen atoms in total. The number of nitrogens with one attached hydrogen (secondary N) is 1. The second kappa shape index (κ2) is 8.61. The third kappa shape index (κ3) is 4.81. The van der Waals surface area contributed by atoms with Gasteiger partial charge in [-0.05, 0) is 50.5 Å². The number of carbonyl (C=O) groups excluding carboxylic acids is 1. The van der Waals surface area contributed by atoms with E-state index in [0.717, 1.165) is 42.4 Å². The Kier molecular flexibility index (Phi) is 5.76. The van der Waals surface area contributed by atoms with Gasteiger partial charge in [-0.2, -0.15) is 0 Å². The van der Waals surface area contributed by atoms with E-state index in [1.807, 2.05) is 31.2 Å². The van der Waals surface area contributed by atoms with E-state index >= 15 is 0 Å². The summed E-state index contributed by atoms with van der Waals surface area (Å²) in [6.45, 7) is 4.26. The predicted octanol–water partition coefficient (Wildman–Crippen LogP) is 3.48. The van der Waals surface area contributed by atoms with E-state index in [-0.39, 0.29) is 18.6 Å². The van der Waals surface area contributed by atoms with Crippen LogP contribution < -0.4 is 15.0 Å². The molecule has 148 valence electrons. The zero-order valence-electron chi connectivity index (χ0n) is 16.3. The second-order valence-corrected chi connectivity index (χ2v) is 7.43. The summed E-state index contributed by atoms with van der Waals surface area (Å²) >= 11 is 0. The second-order valence-electron chi connectivity index (χ2n) is 7.43. The minimum atomic E-state index is -0.0482. The van der Waals surface area contributed by atoms with Crippen molar-refractivity contribution in [1.82, 2.24) is 10.3 Å². The van der Waals surface area contributed by atoms with Gasteiger partial charge in [0.15, 0.2) is 0 Å². The Morgan fingerprint density at radius 3 is 2.86 bits per heavy atom. The standard InChI is InChI=1S/C22H27N3O3/c1-2-27-15-22(26)24-17-10-11-25(14-17)18-4-3-5-19(12-18)28-20-8-9-21(23-13-20)16-6-7-16/h3-5,8-9,12-13,16-17H,2,6-7,10-11,14-15H2,1H3,(H,24,26)/t17-/m0/s1. The number of aromatic nitrogens is 1. The van der Waals surface area contributed by atoms with Crippen LogP contribution in [0.3, 0.4) is 0 Å². The summed E-state index contributed by atoms with van der Waals surface area (Å²) in [7, 11) is 0. The van der Waals surface area contributed by atoms with E-state index in [4.69, 9.17) is 9.47 Å². The van der Waals surface area contributed by atoms with Gasteiger partial charge in [-0.3, -0.25) is 9.78 Å². The van der Waals surface area contributed by atoms with Crippen molar-refractivity contribution in [2.24, 2.45) is 0 Å². The Hall–Kier alpha value is -2.60. The van der Waals surface area contributed by atoms with Gasteiger partial charge in [0, 0.05) is 49.1 Å². The zero-order chi connectivity index (χ0) is 19.3. The maximum Gasteiger partial charge on any atom is 0.246 e. The number of carbonyl (C=O) groups is 1. The van der Waals surface area contributed by atoms with Crippen LogP contribution in [0.1, 0.15) is 37.8 Å². The van der Waals surface area contributed by atoms with Crippen LogP contribution in [0, 0.1) is 0 Å². The first-order valence-corrected chi connectivity index (χ1v) is 10.1. The number of anilines is 1. The highest BCUT2D eigenvalue weighted by molar-refractivity contribution is 5.77. The minimum absolute atomic E-state index is 0.0482. The number of hydrogen-bond acceptors (Lipinski definition) is 5. The van der Waals surface area contributed by atoms with Gasteiger partial charge < -0.3 is 19.7 Å². The molecule has 6 heteroatoms. The van der Waals surface area contributed by atoms with Gasteiger partial charge in [-0.15, -0.1) is 0 Å². The van der Waals surface area contributed by atoms with Crippen molar-refractivity contribution in [2.45, 2.75) is 38.1 Å². The Labute approximate surface area is 165 Å². The molecule has 1 aromatic carbocycles. The molecular formula is C22H27N3O3. The van der Waals surface area contributed by atoms with Crippen molar-refractivity contribution in [3.05, 3.63) is 48.3 Å². The smallest absolute Gasteiger partial charge is 0.246 e. The van der Waals surface area contributed by atoms with Crippen LogP contribution in [0.2, 0.25) is 0 Å². The van der Waals surface area contributed by atoms with Crippen molar-refractivity contribution in [1.29, 1.82) is 0 Å². The summed E-state index contributed by atoms with van der Waals surface area (Å²) in [5, 5.41) is 3.04. The summed E-state index contributed by atoms with van der Waals surface area (Å²) in [4.78, 5) is 18.6. The summed E-state index contributed by atoms with van der Waals surface area (Å²) in [6.07, 6.45) is 5.23. The third-order valence-electron chi connectivity index (χ3n) is 5.16. The van der Waals surface area contributed by atoms with Crippen LogP contribution in [0.25, 0.3) is 0 Å². The van der Waals surface area contributed by atoms with Gasteiger partial charge in [0.1, 0.15) is 18.1 Å². The molecule has 1 aliphatic carbocycles. The molecule has 0 bridgehead atoms. The highest BCUT2D eigenvalue weighted by Gasteiger charge is 2.25. The fraction of sp³-hybridized carbons (Fsp3) is 0.455. The Morgan fingerprint density at radius 2 is 2.11 bits per heavy atom. The Morgan fingerprint density at radius 1 is 1.21 bits per heavy atom. The fourth-order valence-corrected chi connectivity index (χ4v) is 3.53. The van der Waals surface area contributed by atoms with E-state index in [0.29, 0.717) is 12.5 Å². The maximum absolute atomic E-state index is 11.8. The average molecular weight is 381 g/mol. The highest BCUT2D eigenvalue weighted by atomic mass is 16.5. The van der Waals surface area contributed by atoms with Gasteiger partial charge in [-0.1, -0.05) is 6.07 Å². The summed E-state index contributed by atoms with van der Waals surface area (Å²) in [5.74, 6) is 2.15. The fourth-order valence-electron chi connectivity index (χ4n) is 3.53. The van der Waals surface area contributed by atoms with E-state index in [9.17, 15) is 4.79 Å². The SMILES string of the molecule is CCOCC(=O)N[C@H]1CCN(c2cccc(Oc3ccc(C4CC4)nc3)c2)C1. The first kappa shape index (κ1) is 18.7. The van der Waals surface area contributed by atoms with E-state index in [2.05, 4.69) is 27.3 Å². The van der Waals surface area contributed by atoms with Crippen molar-refractivity contribution in [3.63, 3.8) is 0 Å². The largest absolute Gasteiger partial charge is 0.456 e. The molecule has 0 radical (unpaired) electrons. The number of nitrogens with zero attached hydrogens (tertiary/aromatic N) is 2. The number of rotatable bonds is 8. The van der Waals surface area contributed by atoms with Gasteiger partial charge in [-0.25, -0.2) is 0 Å². The van der Waals surface area contributed by atoms with Crippen molar-refractivity contribution >= 4 is 11.6 Å². The van der Waals surface area contributed by atoms with Crippen LogP contribution in [0.15, 0.2) is 42.6 Å². The summed E-state index contributed by atoms with van der Waals surface area (Å²) < 4.78 is 11.2. The lowest BCUT2D eigenvalue weighted by Crippen LogP contribution is -2.39. The Balaban J connectivity index is 1.34. The lowest BCUT2D eigenvalue weighted by molar-refractivity contribution is -0.126. The molecule has 1 aromatic heterocycles. The van der Waals surface area contributed by atoms with Gasteiger partial charge >= 0.3 is 0 Å². The molecule has 1 N–H and O–H groups in total. The molecule has 4 rings (SSSR count). The molecule has 0 spiro atoms. The van der Waals surface area contributed by atoms with Crippen LogP contribution in [0.5, 0.6) is 11.5 Å². The van der Waals surface area contributed by atoms with Crippen LogP contribution >= 0.6 is 0 Å². The van der Waals surface area contributed by atoms with Crippen molar-refractivity contribution < 1.29 is 14.3 Å². The number of pyridine rings is 1. The van der Waals surface area contributed by atoms with Gasteiger partial charge in [0.25, 0.3) is 0 Å². The molecule has 1 aliphatic heterocycles. The number of hydrogen-bond donors (Lipinski definition) is 1. The lowest BCUT2D eigenvalue weighted by atomic mass is 10.2. The quantitative estimate of drug-likeness (QED) is 0.758. The maximum atomic E-state index is 11.8. The summed E-state index contributed by atoms with van der Waals surface area (Å²) in [5.41, 5.74) is 2.26. The van der Waals surface area contributed by atoms with Crippen molar-refractivity contribution in [2.75, 3.05) is 31.2 Å². The Bertz CT molecular complexity index is 805. The van der Waals surface area contributed by atoms with E-state index in [1.165, 1.54) is 12.8 Å². The molecule has 2 aliphatic rings. The minimum Gasteiger partial charge on any atom is -0.456 e. The molecule has 1 amide bonds. The number of benzene rings is 1. The topological polar surface area (TPSA) is 63.7 Å². The summed E-state index contributed by atoms with van der Waals surface area (Å²) in [6, 6.07) is 12.3. The molecule has 2 heterocycles. The van der Waals surface area contributed by atoms with Crippen LogP contribution in [-0.4, -0.2) is 43.2 Å². The average Bonchev–Trinajstić information content (AvgIpc) is 3.46. The van der Waals surface area contributed by atoms with Crippen LogP contribution in [0.4, 0.5) is 5.69 Å². The monoisotopic (exact) mass is 381 g/mol. The zero-order valence-corrected chi connectivity index (χ0v) is 16.3. The number of ether oxygens (including phenoxy) is 2. The first-order chi connectivity index (χ1) is 13.7. The van der Waals surface area contributed by atoms with Crippen molar-refractivity contribution in [3.8, 4) is 11.5 Å². The molecule has 28 heavy (non-hydrogen) atoms. The lowest BCUT2D eigenvalue weighted by Gasteiger charge is -2.20. The first-order valence-electron chi connectivity index (χ1n) is 10.1. The van der Waals surface area contributed by atoms with E-state index in [1.54, 1.807) is 6.20 Å². The molecule has 2 fully saturated rings. The molecule has 1 atom stereocenters.